The van der Waals surface area contributed by atoms with Gasteiger partial charge in [-0.25, -0.2) is 9.59 Å². The first-order valence-electron chi connectivity index (χ1n) is 10.7. The molecule has 0 aliphatic carbocycles. The molecule has 2 aliphatic rings. The second-order valence-corrected chi connectivity index (χ2v) is 8.24. The number of carboxylic acid groups (broad SMARTS) is 1. The van der Waals surface area contributed by atoms with Crippen molar-refractivity contribution in [3.63, 3.8) is 0 Å². The lowest BCUT2D eigenvalue weighted by Crippen LogP contribution is -2.68. The van der Waals surface area contributed by atoms with Gasteiger partial charge in [0.05, 0.1) is 6.42 Å². The minimum atomic E-state index is -1.64. The molecule has 2 aromatic rings. The number of likely N-dealkylation sites (tertiary alicyclic amines) is 1. The van der Waals surface area contributed by atoms with Crippen LogP contribution in [0.15, 0.2) is 71.9 Å². The zero-order valence-electron chi connectivity index (χ0n) is 18.7. The van der Waals surface area contributed by atoms with Gasteiger partial charge in [0, 0.05) is 0 Å². The fourth-order valence-electron chi connectivity index (χ4n) is 4.08. The Labute approximate surface area is 196 Å². The highest BCUT2D eigenvalue weighted by Gasteiger charge is 2.64. The van der Waals surface area contributed by atoms with Crippen LogP contribution in [0.1, 0.15) is 25.0 Å². The van der Waals surface area contributed by atoms with Gasteiger partial charge >= 0.3 is 11.9 Å². The van der Waals surface area contributed by atoms with Crippen LogP contribution in [0.5, 0.6) is 0 Å². The molecule has 0 radical (unpaired) electrons. The smallest absolute Gasteiger partial charge is 0.355 e. The molecule has 1 N–H and O–H groups in total. The van der Waals surface area contributed by atoms with Gasteiger partial charge in [0.1, 0.15) is 12.3 Å². The van der Waals surface area contributed by atoms with Crippen molar-refractivity contribution in [3.05, 3.63) is 83.1 Å². The lowest BCUT2D eigenvalue weighted by atomic mass is 10.00. The number of carbonyl (C=O) groups excluding carboxylic acids is 3. The summed E-state index contributed by atoms with van der Waals surface area (Å²) in [5, 5.41) is 9.65. The van der Waals surface area contributed by atoms with Crippen molar-refractivity contribution >= 4 is 23.8 Å². The molecular formula is C25H24N2O7. The van der Waals surface area contributed by atoms with Crippen LogP contribution in [0, 0.1) is 0 Å². The maximum absolute atomic E-state index is 13.1. The summed E-state index contributed by atoms with van der Waals surface area (Å²) in [7, 11) is 0. The molecule has 2 saturated heterocycles. The van der Waals surface area contributed by atoms with E-state index in [1.807, 2.05) is 18.2 Å². The molecule has 3 atom stereocenters. The van der Waals surface area contributed by atoms with Gasteiger partial charge in [0.2, 0.25) is 12.1 Å². The van der Waals surface area contributed by atoms with E-state index in [1.54, 1.807) is 56.3 Å². The molecule has 4 rings (SSSR count). The number of hydrogen-bond donors (Lipinski definition) is 1. The summed E-state index contributed by atoms with van der Waals surface area (Å²) < 4.78 is 11.0. The maximum atomic E-state index is 13.1. The standard InChI is InChI=1S/C25H24N2O7/c1-15(2)19(25(32)33-14-17-11-7-4-8-12-17)27-21(29)20-22(27)34-23(24(30)31)26(20)18(28)13-16-9-5-3-6-10-16/h3-12,20,22-23H,13-14H2,1-2H3,(H,30,31). The van der Waals surface area contributed by atoms with Crippen molar-refractivity contribution in [1.82, 2.24) is 9.80 Å². The van der Waals surface area contributed by atoms with Gasteiger partial charge < -0.3 is 14.6 Å². The first kappa shape index (κ1) is 23.2. The number of amides is 2. The fraction of sp³-hybridized carbons (Fsp3) is 0.280. The van der Waals surface area contributed by atoms with Crippen molar-refractivity contribution in [1.29, 1.82) is 0 Å². The van der Waals surface area contributed by atoms with Gasteiger partial charge in [0.15, 0.2) is 12.3 Å². The number of aliphatic carboxylic acids is 1. The zero-order chi connectivity index (χ0) is 24.4. The predicted molar refractivity (Wildman–Crippen MR) is 119 cm³/mol. The third kappa shape index (κ3) is 4.29. The molecule has 2 aromatic carbocycles. The second-order valence-electron chi connectivity index (χ2n) is 8.24. The first-order valence-corrected chi connectivity index (χ1v) is 10.7. The van der Waals surface area contributed by atoms with Crippen LogP contribution < -0.4 is 0 Å². The number of fused-ring (bicyclic) bond motifs is 1. The molecule has 3 unspecified atom stereocenters. The highest BCUT2D eigenvalue weighted by Crippen LogP contribution is 2.39. The minimum Gasteiger partial charge on any atom is -0.478 e. The third-order valence-electron chi connectivity index (χ3n) is 5.65. The highest BCUT2D eigenvalue weighted by molar-refractivity contribution is 6.02. The molecule has 2 heterocycles. The number of esters is 1. The van der Waals surface area contributed by atoms with E-state index >= 15 is 0 Å². The number of carboxylic acids is 1. The van der Waals surface area contributed by atoms with Gasteiger partial charge in [-0.2, -0.15) is 0 Å². The van der Waals surface area contributed by atoms with Gasteiger partial charge in [-0.1, -0.05) is 60.7 Å². The fourth-order valence-corrected chi connectivity index (χ4v) is 4.08. The topological polar surface area (TPSA) is 113 Å². The summed E-state index contributed by atoms with van der Waals surface area (Å²) >= 11 is 0. The van der Waals surface area contributed by atoms with Crippen molar-refractivity contribution in [3.8, 4) is 0 Å². The summed E-state index contributed by atoms with van der Waals surface area (Å²) in [4.78, 5) is 52.9. The Morgan fingerprint density at radius 3 is 2.12 bits per heavy atom. The number of nitrogens with zero attached hydrogens (tertiary/aromatic N) is 2. The largest absolute Gasteiger partial charge is 0.478 e. The Morgan fingerprint density at radius 2 is 1.56 bits per heavy atom. The first-order chi connectivity index (χ1) is 16.3. The number of benzene rings is 2. The van der Waals surface area contributed by atoms with E-state index in [4.69, 9.17) is 9.47 Å². The molecule has 9 nitrogen and oxygen atoms in total. The van der Waals surface area contributed by atoms with Crippen LogP contribution in [0.4, 0.5) is 0 Å². The summed E-state index contributed by atoms with van der Waals surface area (Å²) in [5.41, 5.74) is 1.92. The SMILES string of the molecule is CC(C)=C(C(=O)OCc1ccccc1)N1C(=O)C2C1OC(C(=O)O)N2C(=O)Cc1ccccc1. The molecular weight excluding hydrogens is 440 g/mol. The molecule has 0 spiro atoms. The number of ether oxygens (including phenoxy) is 2. The molecule has 0 aromatic heterocycles. The van der Waals surface area contributed by atoms with Crippen molar-refractivity contribution < 1.29 is 33.8 Å². The van der Waals surface area contributed by atoms with Gasteiger partial charge in [-0.3, -0.25) is 19.4 Å². The second kappa shape index (κ2) is 9.48. The lowest BCUT2D eigenvalue weighted by Gasteiger charge is -2.43. The van der Waals surface area contributed by atoms with E-state index in [9.17, 15) is 24.3 Å². The van der Waals surface area contributed by atoms with Crippen LogP contribution in [0.2, 0.25) is 0 Å². The maximum Gasteiger partial charge on any atom is 0.355 e. The predicted octanol–water partition coefficient (Wildman–Crippen LogP) is 2.07. The Morgan fingerprint density at radius 1 is 0.971 bits per heavy atom. The quantitative estimate of drug-likeness (QED) is 0.379. The number of β-lactam (4-membered cyclic amide) rings is 1. The van der Waals surface area contributed by atoms with Crippen molar-refractivity contribution in [2.75, 3.05) is 0 Å². The monoisotopic (exact) mass is 464 g/mol. The van der Waals surface area contributed by atoms with E-state index in [-0.39, 0.29) is 18.7 Å². The van der Waals surface area contributed by atoms with Gasteiger partial charge in [0.25, 0.3) is 5.91 Å². The zero-order valence-corrected chi connectivity index (χ0v) is 18.7. The van der Waals surface area contributed by atoms with Crippen LogP contribution in [0.25, 0.3) is 0 Å². The highest BCUT2D eigenvalue weighted by atomic mass is 16.6. The van der Waals surface area contributed by atoms with E-state index in [1.165, 1.54) is 0 Å². The molecule has 0 saturated carbocycles. The molecule has 176 valence electrons. The van der Waals surface area contributed by atoms with Crippen molar-refractivity contribution in [2.24, 2.45) is 0 Å². The van der Waals surface area contributed by atoms with Crippen molar-refractivity contribution in [2.45, 2.75) is 45.4 Å². The minimum absolute atomic E-state index is 0.00682. The Balaban J connectivity index is 1.53. The lowest BCUT2D eigenvalue weighted by molar-refractivity contribution is -0.174. The Kier molecular flexibility index (Phi) is 6.47. The van der Waals surface area contributed by atoms with E-state index in [0.717, 1.165) is 15.4 Å². The van der Waals surface area contributed by atoms with Gasteiger partial charge in [-0.15, -0.1) is 0 Å². The summed E-state index contributed by atoms with van der Waals surface area (Å²) in [6.07, 6.45) is -2.82. The average Bonchev–Trinajstić information content (AvgIpc) is 3.18. The number of rotatable bonds is 7. The molecule has 2 amide bonds. The van der Waals surface area contributed by atoms with E-state index in [0.29, 0.717) is 11.1 Å². The normalized spacial score (nSPS) is 20.9. The van der Waals surface area contributed by atoms with Crippen LogP contribution in [0.3, 0.4) is 0 Å². The molecule has 2 fully saturated rings. The Hall–Kier alpha value is -3.98. The summed E-state index contributed by atoms with van der Waals surface area (Å²) in [5.74, 6) is -3.28. The van der Waals surface area contributed by atoms with Crippen LogP contribution in [-0.4, -0.2) is 57.2 Å². The number of allylic oxidation sites excluding steroid dienone is 1. The average molecular weight is 464 g/mol. The number of carbonyl (C=O) groups is 4. The number of hydrogen-bond acceptors (Lipinski definition) is 6. The molecule has 0 bridgehead atoms. The molecule has 34 heavy (non-hydrogen) atoms. The summed E-state index contributed by atoms with van der Waals surface area (Å²) in [6, 6.07) is 16.7. The van der Waals surface area contributed by atoms with Crippen LogP contribution >= 0.6 is 0 Å². The van der Waals surface area contributed by atoms with Crippen LogP contribution in [-0.2, 0) is 41.7 Å². The Bertz CT molecular complexity index is 1140. The third-order valence-corrected chi connectivity index (χ3v) is 5.65. The van der Waals surface area contributed by atoms with E-state index < -0.39 is 42.3 Å². The molecule has 2 aliphatic heterocycles. The van der Waals surface area contributed by atoms with E-state index in [2.05, 4.69) is 0 Å². The van der Waals surface area contributed by atoms with Gasteiger partial charge in [-0.05, 0) is 30.5 Å². The molecule has 9 heteroatoms. The summed E-state index contributed by atoms with van der Waals surface area (Å²) in [6.45, 7) is 3.29.